The zero-order chi connectivity index (χ0) is 18.5. The lowest BCUT2D eigenvalue weighted by atomic mass is 10.0. The summed E-state index contributed by atoms with van der Waals surface area (Å²) < 4.78 is 5.12. The standard InChI is InChI=1S/C21H21NO4/c1-3-7-19-18(14-23)21(15-8-5-4-6-9-15)26-22(19)13-16-10-11-17(25-2)12-20(16)24/h3-12,14,19,24H,13H2,1-2H3/b7-3+. The molecule has 2 aromatic carbocycles. The molecule has 0 radical (unpaired) electrons. The Kier molecular flexibility index (Phi) is 5.39. The molecule has 1 heterocycles. The van der Waals surface area contributed by atoms with Gasteiger partial charge >= 0.3 is 0 Å². The second-order valence-electron chi connectivity index (χ2n) is 5.90. The quantitative estimate of drug-likeness (QED) is 0.635. The van der Waals surface area contributed by atoms with Gasteiger partial charge in [0, 0.05) is 17.2 Å². The maximum absolute atomic E-state index is 11.8. The Bertz CT molecular complexity index is 842. The number of rotatable bonds is 6. The SMILES string of the molecule is C/C=C/C1C(C=O)=C(c2ccccc2)ON1Cc1ccc(OC)cc1O. The fourth-order valence-corrected chi connectivity index (χ4v) is 2.93. The number of aldehydes is 1. The zero-order valence-electron chi connectivity index (χ0n) is 14.8. The summed E-state index contributed by atoms with van der Waals surface area (Å²) in [6.07, 6.45) is 4.62. The van der Waals surface area contributed by atoms with Crippen LogP contribution in [0.15, 0.2) is 66.3 Å². The summed E-state index contributed by atoms with van der Waals surface area (Å²) >= 11 is 0. The van der Waals surface area contributed by atoms with E-state index in [1.165, 1.54) is 0 Å². The van der Waals surface area contributed by atoms with Crippen LogP contribution in [0.1, 0.15) is 18.1 Å². The van der Waals surface area contributed by atoms with Gasteiger partial charge in [0.1, 0.15) is 11.5 Å². The van der Waals surface area contributed by atoms with Gasteiger partial charge in [-0.05, 0) is 13.0 Å². The number of phenols is 1. The van der Waals surface area contributed by atoms with Crippen molar-refractivity contribution in [3.8, 4) is 11.5 Å². The Labute approximate surface area is 152 Å². The van der Waals surface area contributed by atoms with Crippen molar-refractivity contribution in [1.82, 2.24) is 5.06 Å². The first-order valence-corrected chi connectivity index (χ1v) is 8.36. The largest absolute Gasteiger partial charge is 0.507 e. The highest BCUT2D eigenvalue weighted by Crippen LogP contribution is 2.35. The fraction of sp³-hybridized carbons (Fsp3) is 0.190. The van der Waals surface area contributed by atoms with Gasteiger partial charge < -0.3 is 14.7 Å². The Balaban J connectivity index is 1.92. The second-order valence-corrected chi connectivity index (χ2v) is 5.90. The van der Waals surface area contributed by atoms with Crippen LogP contribution < -0.4 is 4.74 Å². The molecule has 5 nitrogen and oxygen atoms in total. The van der Waals surface area contributed by atoms with Crippen LogP contribution >= 0.6 is 0 Å². The van der Waals surface area contributed by atoms with Gasteiger partial charge in [0.05, 0.1) is 25.3 Å². The van der Waals surface area contributed by atoms with Crippen LogP contribution in [-0.2, 0) is 16.2 Å². The fourth-order valence-electron chi connectivity index (χ4n) is 2.93. The van der Waals surface area contributed by atoms with Crippen molar-refractivity contribution in [3.63, 3.8) is 0 Å². The van der Waals surface area contributed by atoms with Crippen molar-refractivity contribution in [2.75, 3.05) is 7.11 Å². The average molecular weight is 351 g/mol. The number of phenolic OH excluding ortho intramolecular Hbond substituents is 1. The summed E-state index contributed by atoms with van der Waals surface area (Å²) in [6.45, 7) is 2.21. The molecule has 1 aliphatic rings. The molecule has 0 saturated carbocycles. The molecule has 0 bridgehead atoms. The Morgan fingerprint density at radius 1 is 1.23 bits per heavy atom. The first-order chi connectivity index (χ1) is 12.7. The van der Waals surface area contributed by atoms with Crippen LogP contribution in [0.5, 0.6) is 11.5 Å². The molecular weight excluding hydrogens is 330 g/mol. The van der Waals surface area contributed by atoms with Crippen molar-refractivity contribution >= 4 is 12.0 Å². The molecule has 2 aromatic rings. The van der Waals surface area contributed by atoms with E-state index >= 15 is 0 Å². The van der Waals surface area contributed by atoms with Crippen LogP contribution in [0.4, 0.5) is 0 Å². The number of nitrogens with zero attached hydrogens (tertiary/aromatic N) is 1. The lowest BCUT2D eigenvalue weighted by Gasteiger charge is -2.22. The number of hydrogen-bond acceptors (Lipinski definition) is 5. The van der Waals surface area contributed by atoms with E-state index in [1.807, 2.05) is 49.4 Å². The van der Waals surface area contributed by atoms with Crippen LogP contribution in [0, 0.1) is 0 Å². The van der Waals surface area contributed by atoms with Gasteiger partial charge in [-0.2, -0.15) is 0 Å². The summed E-state index contributed by atoms with van der Waals surface area (Å²) in [7, 11) is 1.55. The Hall–Kier alpha value is -3.05. The zero-order valence-corrected chi connectivity index (χ0v) is 14.8. The normalized spacial score (nSPS) is 17.5. The lowest BCUT2D eigenvalue weighted by molar-refractivity contribution is -0.107. The predicted molar refractivity (Wildman–Crippen MR) is 99.3 cm³/mol. The number of hydrogen-bond donors (Lipinski definition) is 1. The molecule has 3 rings (SSSR count). The molecule has 0 saturated heterocycles. The highest BCUT2D eigenvalue weighted by Gasteiger charge is 2.34. The molecule has 0 amide bonds. The van der Waals surface area contributed by atoms with Gasteiger partial charge in [0.25, 0.3) is 0 Å². The van der Waals surface area contributed by atoms with Crippen LogP contribution in [0.25, 0.3) is 5.76 Å². The monoisotopic (exact) mass is 351 g/mol. The molecule has 0 spiro atoms. The maximum Gasteiger partial charge on any atom is 0.163 e. The van der Waals surface area contributed by atoms with Gasteiger partial charge in [-0.3, -0.25) is 4.79 Å². The number of allylic oxidation sites excluding steroid dienone is 1. The first-order valence-electron chi connectivity index (χ1n) is 8.36. The molecule has 26 heavy (non-hydrogen) atoms. The van der Waals surface area contributed by atoms with Crippen molar-refractivity contribution in [2.24, 2.45) is 0 Å². The second kappa shape index (κ2) is 7.89. The van der Waals surface area contributed by atoms with Gasteiger partial charge in [-0.25, -0.2) is 0 Å². The molecule has 134 valence electrons. The first kappa shape index (κ1) is 17.8. The molecule has 1 atom stereocenters. The summed E-state index contributed by atoms with van der Waals surface area (Å²) in [5.74, 6) is 1.24. The van der Waals surface area contributed by atoms with Crippen LogP contribution in [0.3, 0.4) is 0 Å². The molecule has 0 fully saturated rings. The summed E-state index contributed by atoms with van der Waals surface area (Å²) in [5, 5.41) is 11.9. The van der Waals surface area contributed by atoms with E-state index in [0.29, 0.717) is 29.2 Å². The number of methoxy groups -OCH3 is 1. The topological polar surface area (TPSA) is 59.0 Å². The number of benzene rings is 2. The molecule has 1 N–H and O–H groups in total. The minimum Gasteiger partial charge on any atom is -0.507 e. The molecule has 5 heteroatoms. The molecule has 1 aliphatic heterocycles. The lowest BCUT2D eigenvalue weighted by Crippen LogP contribution is -2.29. The van der Waals surface area contributed by atoms with E-state index in [-0.39, 0.29) is 11.8 Å². The minimum absolute atomic E-state index is 0.119. The molecule has 0 aromatic heterocycles. The number of ether oxygens (including phenoxy) is 1. The van der Waals surface area contributed by atoms with Crippen LogP contribution in [-0.4, -0.2) is 29.6 Å². The maximum atomic E-state index is 11.8. The highest BCUT2D eigenvalue weighted by atomic mass is 16.7. The molecule has 0 aliphatic carbocycles. The minimum atomic E-state index is -0.325. The van der Waals surface area contributed by atoms with E-state index in [9.17, 15) is 9.90 Å². The van der Waals surface area contributed by atoms with E-state index in [0.717, 1.165) is 11.8 Å². The van der Waals surface area contributed by atoms with E-state index in [2.05, 4.69) is 0 Å². The molecule has 1 unspecified atom stereocenters. The van der Waals surface area contributed by atoms with E-state index in [1.54, 1.807) is 30.4 Å². The van der Waals surface area contributed by atoms with Gasteiger partial charge in [-0.1, -0.05) is 48.6 Å². The van der Waals surface area contributed by atoms with Crippen molar-refractivity contribution in [3.05, 3.63) is 77.4 Å². The summed E-state index contributed by atoms with van der Waals surface area (Å²) in [6, 6.07) is 14.3. The smallest absolute Gasteiger partial charge is 0.163 e. The number of carbonyl (C=O) groups excluding carboxylic acids is 1. The summed E-state index contributed by atoms with van der Waals surface area (Å²) in [5.41, 5.74) is 2.08. The van der Waals surface area contributed by atoms with E-state index in [4.69, 9.17) is 9.57 Å². The highest BCUT2D eigenvalue weighted by molar-refractivity contribution is 5.89. The number of carbonyl (C=O) groups is 1. The summed E-state index contributed by atoms with van der Waals surface area (Å²) in [4.78, 5) is 17.8. The van der Waals surface area contributed by atoms with Crippen LogP contribution in [0.2, 0.25) is 0 Å². The van der Waals surface area contributed by atoms with Gasteiger partial charge in [0.2, 0.25) is 0 Å². The van der Waals surface area contributed by atoms with Crippen molar-refractivity contribution in [1.29, 1.82) is 0 Å². The Morgan fingerprint density at radius 3 is 2.62 bits per heavy atom. The number of hydroxylamine groups is 2. The van der Waals surface area contributed by atoms with Gasteiger partial charge in [0.15, 0.2) is 12.0 Å². The molecular formula is C21H21NO4. The third-order valence-electron chi connectivity index (χ3n) is 4.26. The van der Waals surface area contributed by atoms with Crippen molar-refractivity contribution in [2.45, 2.75) is 19.5 Å². The third-order valence-corrected chi connectivity index (χ3v) is 4.26. The van der Waals surface area contributed by atoms with Crippen molar-refractivity contribution < 1.29 is 19.5 Å². The average Bonchev–Trinajstić information content (AvgIpc) is 3.01. The predicted octanol–water partition coefficient (Wildman–Crippen LogP) is 3.70. The number of aromatic hydroxyl groups is 1. The van der Waals surface area contributed by atoms with Gasteiger partial charge in [-0.15, -0.1) is 5.06 Å². The third kappa shape index (κ3) is 3.48. The van der Waals surface area contributed by atoms with E-state index < -0.39 is 0 Å². The Morgan fingerprint density at radius 2 is 2.00 bits per heavy atom.